The molecule has 0 spiro atoms. The van der Waals surface area contributed by atoms with E-state index in [-0.39, 0.29) is 11.9 Å². The molecule has 0 heterocycles. The standard InChI is InChI=1S/C16H26N2O2/c1-11(2)18-16(19)13(4)20-15-8-6-14(7-9-15)10-12(3)17-5/h6-9,11-13,17H,10H2,1-5H3,(H,18,19). The molecule has 0 aliphatic carbocycles. The summed E-state index contributed by atoms with van der Waals surface area (Å²) in [6, 6.07) is 8.47. The van der Waals surface area contributed by atoms with Crippen molar-refractivity contribution in [3.05, 3.63) is 29.8 Å². The lowest BCUT2D eigenvalue weighted by molar-refractivity contribution is -0.127. The van der Waals surface area contributed by atoms with Gasteiger partial charge in [0.25, 0.3) is 5.91 Å². The Kier molecular flexibility index (Phi) is 6.52. The molecule has 112 valence electrons. The van der Waals surface area contributed by atoms with Gasteiger partial charge in [-0.15, -0.1) is 0 Å². The molecule has 0 radical (unpaired) electrons. The topological polar surface area (TPSA) is 50.4 Å². The van der Waals surface area contributed by atoms with Crippen molar-refractivity contribution in [2.75, 3.05) is 7.05 Å². The molecule has 1 amide bonds. The maximum Gasteiger partial charge on any atom is 0.260 e. The second-order valence-corrected chi connectivity index (χ2v) is 5.46. The third-order valence-electron chi connectivity index (χ3n) is 3.07. The van der Waals surface area contributed by atoms with Crippen LogP contribution in [0.2, 0.25) is 0 Å². The Bertz CT molecular complexity index is 415. The van der Waals surface area contributed by atoms with E-state index in [4.69, 9.17) is 4.74 Å². The van der Waals surface area contributed by atoms with Crippen LogP contribution in [0.5, 0.6) is 5.75 Å². The molecule has 0 aromatic heterocycles. The molecule has 4 nitrogen and oxygen atoms in total. The van der Waals surface area contributed by atoms with Crippen LogP contribution in [-0.4, -0.2) is 31.1 Å². The number of benzene rings is 1. The third kappa shape index (κ3) is 5.61. The van der Waals surface area contributed by atoms with Gasteiger partial charge in [0, 0.05) is 12.1 Å². The van der Waals surface area contributed by atoms with Crippen molar-refractivity contribution < 1.29 is 9.53 Å². The molecule has 20 heavy (non-hydrogen) atoms. The normalized spacial score (nSPS) is 13.9. The second-order valence-electron chi connectivity index (χ2n) is 5.46. The molecule has 0 aliphatic rings. The van der Waals surface area contributed by atoms with Crippen LogP contribution in [0.15, 0.2) is 24.3 Å². The molecule has 4 heteroatoms. The first-order chi connectivity index (χ1) is 9.42. The van der Waals surface area contributed by atoms with Gasteiger partial charge in [-0.3, -0.25) is 4.79 Å². The number of carbonyl (C=O) groups is 1. The molecule has 2 N–H and O–H groups in total. The van der Waals surface area contributed by atoms with Gasteiger partial charge in [-0.25, -0.2) is 0 Å². The molecule has 0 saturated carbocycles. The Hall–Kier alpha value is -1.55. The summed E-state index contributed by atoms with van der Waals surface area (Å²) in [7, 11) is 1.96. The highest BCUT2D eigenvalue weighted by atomic mass is 16.5. The molecule has 1 rings (SSSR count). The quantitative estimate of drug-likeness (QED) is 0.803. The number of ether oxygens (including phenoxy) is 1. The largest absolute Gasteiger partial charge is 0.481 e. The highest BCUT2D eigenvalue weighted by molar-refractivity contribution is 5.80. The van der Waals surface area contributed by atoms with Gasteiger partial charge in [0.1, 0.15) is 5.75 Å². The minimum Gasteiger partial charge on any atom is -0.481 e. The molecule has 0 bridgehead atoms. The fourth-order valence-corrected chi connectivity index (χ4v) is 1.82. The van der Waals surface area contributed by atoms with E-state index in [0.717, 1.165) is 12.2 Å². The van der Waals surface area contributed by atoms with Crippen LogP contribution in [0.25, 0.3) is 0 Å². The molecule has 1 aromatic carbocycles. The Morgan fingerprint density at radius 3 is 2.25 bits per heavy atom. The van der Waals surface area contributed by atoms with E-state index in [0.29, 0.717) is 6.04 Å². The zero-order valence-electron chi connectivity index (χ0n) is 13.1. The van der Waals surface area contributed by atoms with Gasteiger partial charge < -0.3 is 15.4 Å². The number of hydrogen-bond acceptors (Lipinski definition) is 3. The van der Waals surface area contributed by atoms with Crippen molar-refractivity contribution in [2.45, 2.75) is 52.3 Å². The molecule has 0 aliphatic heterocycles. The van der Waals surface area contributed by atoms with Crippen LogP contribution in [0, 0.1) is 0 Å². The van der Waals surface area contributed by atoms with Crippen LogP contribution in [0.4, 0.5) is 0 Å². The van der Waals surface area contributed by atoms with Crippen LogP contribution >= 0.6 is 0 Å². The zero-order valence-corrected chi connectivity index (χ0v) is 13.1. The van der Waals surface area contributed by atoms with Crippen LogP contribution in [-0.2, 0) is 11.2 Å². The van der Waals surface area contributed by atoms with Crippen LogP contribution < -0.4 is 15.4 Å². The van der Waals surface area contributed by atoms with E-state index < -0.39 is 6.10 Å². The highest BCUT2D eigenvalue weighted by Crippen LogP contribution is 2.15. The Balaban J connectivity index is 2.54. The number of hydrogen-bond donors (Lipinski definition) is 2. The average Bonchev–Trinajstić information content (AvgIpc) is 2.40. The van der Waals surface area contributed by atoms with E-state index >= 15 is 0 Å². The van der Waals surface area contributed by atoms with Crippen LogP contribution in [0.3, 0.4) is 0 Å². The Morgan fingerprint density at radius 1 is 1.15 bits per heavy atom. The number of likely N-dealkylation sites (N-methyl/N-ethyl adjacent to an activating group) is 1. The summed E-state index contributed by atoms with van der Waals surface area (Å²) in [5.74, 6) is 0.630. The van der Waals surface area contributed by atoms with Crippen molar-refractivity contribution in [2.24, 2.45) is 0 Å². The SMILES string of the molecule is CNC(C)Cc1ccc(OC(C)C(=O)NC(C)C)cc1. The number of rotatable bonds is 7. The molecule has 1 aromatic rings. The van der Waals surface area contributed by atoms with Gasteiger partial charge >= 0.3 is 0 Å². The lowest BCUT2D eigenvalue weighted by Gasteiger charge is -2.17. The van der Waals surface area contributed by atoms with Gasteiger partial charge in [0.05, 0.1) is 0 Å². The molecule has 0 saturated heterocycles. The van der Waals surface area contributed by atoms with E-state index in [2.05, 4.69) is 17.6 Å². The molecule has 0 fully saturated rings. The van der Waals surface area contributed by atoms with E-state index in [1.807, 2.05) is 45.2 Å². The average molecular weight is 278 g/mol. The van der Waals surface area contributed by atoms with E-state index in [1.54, 1.807) is 6.92 Å². The summed E-state index contributed by atoms with van der Waals surface area (Å²) >= 11 is 0. The minimum absolute atomic E-state index is 0.0899. The fourth-order valence-electron chi connectivity index (χ4n) is 1.82. The summed E-state index contributed by atoms with van der Waals surface area (Å²) in [6.45, 7) is 7.77. The monoisotopic (exact) mass is 278 g/mol. The first kappa shape index (κ1) is 16.5. The number of amides is 1. The number of carbonyl (C=O) groups excluding carboxylic acids is 1. The van der Waals surface area contributed by atoms with Gasteiger partial charge in [-0.1, -0.05) is 12.1 Å². The lowest BCUT2D eigenvalue weighted by atomic mass is 10.1. The Labute approximate surface area is 121 Å². The summed E-state index contributed by atoms with van der Waals surface area (Å²) in [4.78, 5) is 11.8. The first-order valence-electron chi connectivity index (χ1n) is 7.15. The lowest BCUT2D eigenvalue weighted by Crippen LogP contribution is -2.40. The van der Waals surface area contributed by atoms with Crippen molar-refractivity contribution in [3.63, 3.8) is 0 Å². The smallest absolute Gasteiger partial charge is 0.260 e. The first-order valence-corrected chi connectivity index (χ1v) is 7.15. The summed E-state index contributed by atoms with van der Waals surface area (Å²) < 4.78 is 5.64. The maximum absolute atomic E-state index is 11.8. The Morgan fingerprint density at radius 2 is 1.75 bits per heavy atom. The van der Waals surface area contributed by atoms with Crippen molar-refractivity contribution in [3.8, 4) is 5.75 Å². The predicted molar refractivity (Wildman–Crippen MR) is 82.0 cm³/mol. The summed E-state index contributed by atoms with van der Waals surface area (Å²) in [5.41, 5.74) is 1.25. The summed E-state index contributed by atoms with van der Waals surface area (Å²) in [6.07, 6.45) is 0.486. The molecule has 2 atom stereocenters. The minimum atomic E-state index is -0.487. The van der Waals surface area contributed by atoms with Crippen molar-refractivity contribution in [1.82, 2.24) is 10.6 Å². The van der Waals surface area contributed by atoms with Crippen LogP contribution in [0.1, 0.15) is 33.3 Å². The van der Waals surface area contributed by atoms with Gasteiger partial charge in [-0.2, -0.15) is 0 Å². The van der Waals surface area contributed by atoms with Crippen molar-refractivity contribution >= 4 is 5.91 Å². The molecular formula is C16H26N2O2. The molecule has 2 unspecified atom stereocenters. The third-order valence-corrected chi connectivity index (χ3v) is 3.07. The summed E-state index contributed by atoms with van der Waals surface area (Å²) in [5, 5.41) is 6.04. The fraction of sp³-hybridized carbons (Fsp3) is 0.562. The zero-order chi connectivity index (χ0) is 15.1. The highest BCUT2D eigenvalue weighted by Gasteiger charge is 2.15. The van der Waals surface area contributed by atoms with Gasteiger partial charge in [0.15, 0.2) is 6.10 Å². The van der Waals surface area contributed by atoms with E-state index in [9.17, 15) is 4.79 Å². The maximum atomic E-state index is 11.8. The van der Waals surface area contributed by atoms with Gasteiger partial charge in [-0.05, 0) is 58.9 Å². The second kappa shape index (κ2) is 7.90. The molecular weight excluding hydrogens is 252 g/mol. The predicted octanol–water partition coefficient (Wildman–Crippen LogP) is 2.13. The van der Waals surface area contributed by atoms with Gasteiger partial charge in [0.2, 0.25) is 0 Å². The van der Waals surface area contributed by atoms with E-state index in [1.165, 1.54) is 5.56 Å². The van der Waals surface area contributed by atoms with Crippen molar-refractivity contribution in [1.29, 1.82) is 0 Å². The number of nitrogens with one attached hydrogen (secondary N) is 2.